The molecule has 0 amide bonds. The lowest BCUT2D eigenvalue weighted by Gasteiger charge is -2.24. The fraction of sp³-hybridized carbons (Fsp3) is 0.600. The molecule has 0 aromatic heterocycles. The molecule has 1 aromatic carbocycles. The van der Waals surface area contributed by atoms with Crippen LogP contribution in [-0.4, -0.2) is 32.4 Å². The van der Waals surface area contributed by atoms with Crippen molar-refractivity contribution in [1.29, 1.82) is 0 Å². The molecule has 0 radical (unpaired) electrons. The number of benzene rings is 1. The number of hydrogen-bond acceptors (Lipinski definition) is 3. The fourth-order valence-corrected chi connectivity index (χ4v) is 5.77. The molecule has 2 aliphatic rings. The molecule has 1 saturated carbocycles. The third-order valence-electron chi connectivity index (χ3n) is 5.31. The van der Waals surface area contributed by atoms with Gasteiger partial charge in [-0.15, -0.1) is 0 Å². The van der Waals surface area contributed by atoms with E-state index in [-0.39, 0.29) is 11.5 Å². The average Bonchev–Trinajstić information content (AvgIpc) is 2.91. The molecule has 2 fully saturated rings. The summed E-state index contributed by atoms with van der Waals surface area (Å²) in [5.41, 5.74) is 1.43. The van der Waals surface area contributed by atoms with Gasteiger partial charge in [-0.1, -0.05) is 31.9 Å². The lowest BCUT2D eigenvalue weighted by Crippen LogP contribution is -2.35. The van der Waals surface area contributed by atoms with Gasteiger partial charge in [0, 0.05) is 12.6 Å². The third-order valence-corrected chi connectivity index (χ3v) is 7.19. The fourth-order valence-electron chi connectivity index (χ4n) is 4.00. The van der Waals surface area contributed by atoms with E-state index in [9.17, 15) is 8.42 Å². The quantitative estimate of drug-likeness (QED) is 0.746. The second-order valence-electron chi connectivity index (χ2n) is 8.05. The maximum Gasteiger partial charge on any atom is 0.243 e. The Balaban J connectivity index is 1.90. The van der Waals surface area contributed by atoms with Crippen LogP contribution < -0.4 is 4.74 Å². The van der Waals surface area contributed by atoms with Gasteiger partial charge >= 0.3 is 0 Å². The number of ether oxygens (including phenoxy) is 1. The van der Waals surface area contributed by atoms with Crippen molar-refractivity contribution in [1.82, 2.24) is 4.31 Å². The second-order valence-corrected chi connectivity index (χ2v) is 9.94. The zero-order valence-electron chi connectivity index (χ0n) is 15.5. The van der Waals surface area contributed by atoms with Gasteiger partial charge in [-0.3, -0.25) is 0 Å². The normalized spacial score (nSPS) is 24.3. The summed E-state index contributed by atoms with van der Waals surface area (Å²) in [5.74, 6) is 0.668. The topological polar surface area (TPSA) is 46.6 Å². The predicted octanol–water partition coefficient (Wildman–Crippen LogP) is 4.37. The maximum atomic E-state index is 13.2. The Morgan fingerprint density at radius 1 is 1.12 bits per heavy atom. The molecule has 3 rings (SSSR count). The van der Waals surface area contributed by atoms with E-state index < -0.39 is 10.0 Å². The highest BCUT2D eigenvalue weighted by Gasteiger charge is 2.43. The molecule has 1 atom stereocenters. The Morgan fingerprint density at radius 2 is 1.76 bits per heavy atom. The molecular weight excluding hydrogens is 334 g/mol. The molecule has 1 aliphatic carbocycles. The first-order valence-electron chi connectivity index (χ1n) is 9.17. The summed E-state index contributed by atoms with van der Waals surface area (Å²) in [7, 11) is -1.92. The SMILES string of the molecule is COc1ccc(S(=O)(=O)N2CC(C)(C)C[C@H]2C=C2CCCCC2)cc1. The van der Waals surface area contributed by atoms with Gasteiger partial charge in [-0.25, -0.2) is 8.42 Å². The van der Waals surface area contributed by atoms with Gasteiger partial charge in [0.05, 0.1) is 12.0 Å². The summed E-state index contributed by atoms with van der Waals surface area (Å²) in [5, 5.41) is 0. The molecule has 5 heteroatoms. The summed E-state index contributed by atoms with van der Waals surface area (Å²) in [6.07, 6.45) is 9.11. The van der Waals surface area contributed by atoms with Crippen molar-refractivity contribution in [2.24, 2.45) is 5.41 Å². The highest BCUT2D eigenvalue weighted by Crippen LogP contribution is 2.39. The molecule has 138 valence electrons. The molecule has 1 heterocycles. The van der Waals surface area contributed by atoms with Gasteiger partial charge in [0.15, 0.2) is 0 Å². The van der Waals surface area contributed by atoms with Gasteiger partial charge in [0.1, 0.15) is 5.75 Å². The van der Waals surface area contributed by atoms with E-state index in [0.29, 0.717) is 17.2 Å². The van der Waals surface area contributed by atoms with Crippen LogP contribution in [0.3, 0.4) is 0 Å². The minimum atomic E-state index is -3.50. The first-order chi connectivity index (χ1) is 11.8. The molecule has 0 bridgehead atoms. The van der Waals surface area contributed by atoms with Crippen molar-refractivity contribution in [3.05, 3.63) is 35.9 Å². The number of nitrogens with zero attached hydrogens (tertiary/aromatic N) is 1. The molecule has 1 saturated heterocycles. The smallest absolute Gasteiger partial charge is 0.243 e. The van der Waals surface area contributed by atoms with Gasteiger partial charge in [0.25, 0.3) is 0 Å². The first kappa shape index (κ1) is 18.5. The van der Waals surface area contributed by atoms with Crippen LogP contribution in [-0.2, 0) is 10.0 Å². The highest BCUT2D eigenvalue weighted by molar-refractivity contribution is 7.89. The summed E-state index contributed by atoms with van der Waals surface area (Å²) in [6, 6.07) is 6.68. The zero-order valence-corrected chi connectivity index (χ0v) is 16.3. The van der Waals surface area contributed by atoms with Crippen LogP contribution >= 0.6 is 0 Å². The van der Waals surface area contributed by atoms with Crippen molar-refractivity contribution in [2.75, 3.05) is 13.7 Å². The number of hydrogen-bond donors (Lipinski definition) is 0. The maximum absolute atomic E-state index is 13.2. The summed E-state index contributed by atoms with van der Waals surface area (Å²) in [6.45, 7) is 4.88. The molecule has 0 spiro atoms. The molecule has 1 aliphatic heterocycles. The van der Waals surface area contributed by atoms with Crippen molar-refractivity contribution in [2.45, 2.75) is 63.3 Å². The minimum Gasteiger partial charge on any atom is -0.497 e. The van der Waals surface area contributed by atoms with E-state index in [0.717, 1.165) is 19.3 Å². The molecule has 0 unspecified atom stereocenters. The van der Waals surface area contributed by atoms with Gasteiger partial charge in [0.2, 0.25) is 10.0 Å². The van der Waals surface area contributed by atoms with Crippen LogP contribution in [0.2, 0.25) is 0 Å². The van der Waals surface area contributed by atoms with E-state index in [2.05, 4.69) is 19.9 Å². The highest BCUT2D eigenvalue weighted by atomic mass is 32.2. The van der Waals surface area contributed by atoms with Crippen LogP contribution in [0.4, 0.5) is 0 Å². The predicted molar refractivity (Wildman–Crippen MR) is 100 cm³/mol. The molecule has 0 N–H and O–H groups in total. The first-order valence-corrected chi connectivity index (χ1v) is 10.6. The number of rotatable bonds is 4. The Labute approximate surface area is 151 Å². The van der Waals surface area contributed by atoms with Crippen LogP contribution in [0.1, 0.15) is 52.4 Å². The lowest BCUT2D eigenvalue weighted by molar-refractivity contribution is 0.373. The summed E-state index contributed by atoms with van der Waals surface area (Å²) in [4.78, 5) is 0.345. The van der Waals surface area contributed by atoms with Crippen LogP contribution in [0, 0.1) is 5.41 Å². The zero-order chi connectivity index (χ0) is 18.1. The van der Waals surface area contributed by atoms with Gasteiger partial charge < -0.3 is 4.74 Å². The molecule has 4 nitrogen and oxygen atoms in total. The van der Waals surface area contributed by atoms with E-state index >= 15 is 0 Å². The Morgan fingerprint density at radius 3 is 2.36 bits per heavy atom. The molecular formula is C20H29NO3S. The Bertz CT molecular complexity index is 727. The van der Waals surface area contributed by atoms with E-state index in [4.69, 9.17) is 4.74 Å². The van der Waals surface area contributed by atoms with Gasteiger partial charge in [-0.05, 0) is 61.8 Å². The average molecular weight is 364 g/mol. The van der Waals surface area contributed by atoms with Crippen LogP contribution in [0.25, 0.3) is 0 Å². The number of sulfonamides is 1. The van der Waals surface area contributed by atoms with Crippen LogP contribution in [0.5, 0.6) is 5.75 Å². The lowest BCUT2D eigenvalue weighted by atomic mass is 9.88. The van der Waals surface area contributed by atoms with Crippen molar-refractivity contribution >= 4 is 10.0 Å². The largest absolute Gasteiger partial charge is 0.497 e. The monoisotopic (exact) mass is 363 g/mol. The minimum absolute atomic E-state index is 0.00403. The van der Waals surface area contributed by atoms with Crippen molar-refractivity contribution in [3.63, 3.8) is 0 Å². The Hall–Kier alpha value is -1.33. The number of allylic oxidation sites excluding steroid dienone is 1. The van der Waals surface area contributed by atoms with Gasteiger partial charge in [-0.2, -0.15) is 4.31 Å². The Kier molecular flexibility index (Phi) is 5.26. The molecule has 1 aromatic rings. The molecule has 25 heavy (non-hydrogen) atoms. The number of methoxy groups -OCH3 is 1. The van der Waals surface area contributed by atoms with Crippen molar-refractivity contribution in [3.8, 4) is 5.75 Å². The van der Waals surface area contributed by atoms with Crippen molar-refractivity contribution < 1.29 is 13.2 Å². The van der Waals surface area contributed by atoms with Crippen LogP contribution in [0.15, 0.2) is 40.8 Å². The third kappa shape index (κ3) is 4.09. The summed E-state index contributed by atoms with van der Waals surface area (Å²) >= 11 is 0. The second kappa shape index (κ2) is 7.12. The van der Waals surface area contributed by atoms with E-state index in [1.165, 1.54) is 24.8 Å². The summed E-state index contributed by atoms with van der Waals surface area (Å²) < 4.78 is 33.3. The van der Waals surface area contributed by atoms with E-state index in [1.807, 2.05) is 0 Å². The van der Waals surface area contributed by atoms with E-state index in [1.54, 1.807) is 35.7 Å². The standard InChI is InChI=1S/C20H29NO3S/c1-20(2)14-17(13-16-7-5-4-6-8-16)21(15-20)25(22,23)19-11-9-18(24-3)10-12-19/h9-13,17H,4-8,14-15H2,1-3H3/t17-/m1/s1.